The second-order valence-electron chi connectivity index (χ2n) is 5.38. The molecule has 21 heavy (non-hydrogen) atoms. The molecule has 0 fully saturated rings. The van der Waals surface area contributed by atoms with Crippen LogP contribution < -0.4 is 5.73 Å². The number of rotatable bonds is 6. The molecule has 0 spiro atoms. The predicted octanol–water partition coefficient (Wildman–Crippen LogP) is 2.69. The van der Waals surface area contributed by atoms with Gasteiger partial charge in [0.25, 0.3) is 11.6 Å². The zero-order valence-electron chi connectivity index (χ0n) is 12.4. The Morgan fingerprint density at radius 1 is 1.43 bits per heavy atom. The summed E-state index contributed by atoms with van der Waals surface area (Å²) in [5.74, 6) is 0.0253. The number of hydrogen-bond donors (Lipinski definition) is 1. The molecule has 1 aromatic carbocycles. The number of carbonyl (C=O) groups excluding carboxylic acids is 1. The lowest BCUT2D eigenvalue weighted by Crippen LogP contribution is -2.34. The highest BCUT2D eigenvalue weighted by atomic mass is 35.5. The van der Waals surface area contributed by atoms with Gasteiger partial charge in [0.2, 0.25) is 0 Å². The van der Waals surface area contributed by atoms with Gasteiger partial charge in [0.05, 0.1) is 4.92 Å². The van der Waals surface area contributed by atoms with Gasteiger partial charge < -0.3 is 10.6 Å². The Kier molecular flexibility index (Phi) is 6.11. The van der Waals surface area contributed by atoms with Crippen LogP contribution >= 0.6 is 11.6 Å². The molecule has 0 aliphatic rings. The number of hydrogen-bond acceptors (Lipinski definition) is 4. The van der Waals surface area contributed by atoms with E-state index in [4.69, 9.17) is 17.3 Å². The number of nitro groups is 1. The quantitative estimate of drug-likeness (QED) is 0.646. The van der Waals surface area contributed by atoms with Crippen molar-refractivity contribution in [1.29, 1.82) is 0 Å². The van der Waals surface area contributed by atoms with Gasteiger partial charge in [-0.3, -0.25) is 14.9 Å². The molecule has 7 heteroatoms. The first kappa shape index (κ1) is 17.4. The smallest absolute Gasteiger partial charge is 0.271 e. The fourth-order valence-corrected chi connectivity index (χ4v) is 2.03. The summed E-state index contributed by atoms with van der Waals surface area (Å²) in [7, 11) is 1.64. The second-order valence-corrected chi connectivity index (χ2v) is 5.81. The summed E-state index contributed by atoms with van der Waals surface area (Å²) in [5.41, 5.74) is 5.95. The highest BCUT2D eigenvalue weighted by Gasteiger charge is 2.18. The monoisotopic (exact) mass is 313 g/mol. The predicted molar refractivity (Wildman–Crippen MR) is 82.5 cm³/mol. The van der Waals surface area contributed by atoms with Crippen LogP contribution in [0.25, 0.3) is 0 Å². The van der Waals surface area contributed by atoms with Crippen molar-refractivity contribution in [3.63, 3.8) is 0 Å². The number of benzene rings is 1. The number of amides is 1. The van der Waals surface area contributed by atoms with Gasteiger partial charge in [-0.25, -0.2) is 0 Å². The van der Waals surface area contributed by atoms with Crippen molar-refractivity contribution in [2.45, 2.75) is 26.3 Å². The minimum atomic E-state index is -0.572. The molecule has 0 heterocycles. The molecule has 116 valence electrons. The van der Waals surface area contributed by atoms with Gasteiger partial charge in [0.1, 0.15) is 0 Å². The lowest BCUT2D eigenvalue weighted by atomic mass is 10.0. The first-order chi connectivity index (χ1) is 9.72. The van der Waals surface area contributed by atoms with Crippen molar-refractivity contribution in [3.8, 4) is 0 Å². The molecule has 1 rings (SSSR count). The van der Waals surface area contributed by atoms with Crippen LogP contribution in [0.4, 0.5) is 5.69 Å². The molecule has 0 saturated carbocycles. The van der Waals surface area contributed by atoms with Gasteiger partial charge in [0.15, 0.2) is 0 Å². The standard InChI is InChI=1S/C14H20ClN3O3/c1-9(2)13(16)4-5-17(3)14(19)10-6-11(15)8-12(7-10)18(20)21/h6-9,13H,4-5,16H2,1-3H3. The van der Waals surface area contributed by atoms with E-state index in [1.807, 2.05) is 13.8 Å². The van der Waals surface area contributed by atoms with E-state index >= 15 is 0 Å². The van der Waals surface area contributed by atoms with Crippen molar-refractivity contribution in [2.24, 2.45) is 11.7 Å². The number of nitrogens with two attached hydrogens (primary N) is 1. The highest BCUT2D eigenvalue weighted by Crippen LogP contribution is 2.21. The van der Waals surface area contributed by atoms with E-state index in [0.29, 0.717) is 18.9 Å². The normalized spacial score (nSPS) is 12.3. The van der Waals surface area contributed by atoms with Crippen LogP contribution in [0.1, 0.15) is 30.6 Å². The highest BCUT2D eigenvalue weighted by molar-refractivity contribution is 6.31. The van der Waals surface area contributed by atoms with E-state index < -0.39 is 4.92 Å². The van der Waals surface area contributed by atoms with Crippen LogP contribution in [0.5, 0.6) is 0 Å². The van der Waals surface area contributed by atoms with Crippen molar-refractivity contribution in [1.82, 2.24) is 4.90 Å². The first-order valence-corrected chi connectivity index (χ1v) is 7.06. The lowest BCUT2D eigenvalue weighted by molar-refractivity contribution is -0.384. The molecule has 2 N–H and O–H groups in total. The average Bonchev–Trinajstić information content (AvgIpc) is 2.42. The Balaban J connectivity index is 2.81. The summed E-state index contributed by atoms with van der Waals surface area (Å²) in [6.07, 6.45) is 0.669. The number of nitrogens with zero attached hydrogens (tertiary/aromatic N) is 2. The Hall–Kier alpha value is -1.66. The largest absolute Gasteiger partial charge is 0.342 e. The number of carbonyl (C=O) groups is 1. The van der Waals surface area contributed by atoms with E-state index in [2.05, 4.69) is 0 Å². The minimum Gasteiger partial charge on any atom is -0.342 e. The van der Waals surface area contributed by atoms with Crippen molar-refractivity contribution in [2.75, 3.05) is 13.6 Å². The van der Waals surface area contributed by atoms with Crippen LogP contribution in [0.15, 0.2) is 18.2 Å². The number of non-ortho nitro benzene ring substituents is 1. The Labute approximate surface area is 129 Å². The third-order valence-electron chi connectivity index (χ3n) is 3.34. The van der Waals surface area contributed by atoms with Crippen LogP contribution in [-0.4, -0.2) is 35.4 Å². The molecule has 0 radical (unpaired) electrons. The minimum absolute atomic E-state index is 0.00828. The average molecular weight is 314 g/mol. The van der Waals surface area contributed by atoms with Crippen LogP contribution in [0.2, 0.25) is 5.02 Å². The van der Waals surface area contributed by atoms with E-state index in [-0.39, 0.29) is 28.2 Å². The number of halogens is 1. The third-order valence-corrected chi connectivity index (χ3v) is 3.56. The third kappa shape index (κ3) is 4.99. The lowest BCUT2D eigenvalue weighted by Gasteiger charge is -2.21. The molecule has 0 bridgehead atoms. The molecular formula is C14H20ClN3O3. The van der Waals surface area contributed by atoms with Gasteiger partial charge in [-0.1, -0.05) is 25.4 Å². The van der Waals surface area contributed by atoms with Crippen molar-refractivity contribution in [3.05, 3.63) is 38.9 Å². The molecule has 1 atom stereocenters. The van der Waals surface area contributed by atoms with Gasteiger partial charge >= 0.3 is 0 Å². The zero-order chi connectivity index (χ0) is 16.2. The van der Waals surface area contributed by atoms with E-state index in [9.17, 15) is 14.9 Å². The van der Waals surface area contributed by atoms with Gasteiger partial charge in [-0.05, 0) is 18.4 Å². The maximum Gasteiger partial charge on any atom is 0.271 e. The maximum atomic E-state index is 12.3. The fourth-order valence-electron chi connectivity index (χ4n) is 1.80. The molecule has 0 saturated heterocycles. The van der Waals surface area contributed by atoms with E-state index in [1.54, 1.807) is 7.05 Å². The second kappa shape index (κ2) is 7.38. The molecule has 1 unspecified atom stereocenters. The summed E-state index contributed by atoms with van der Waals surface area (Å²) in [6, 6.07) is 3.88. The molecular weight excluding hydrogens is 294 g/mol. The van der Waals surface area contributed by atoms with Crippen LogP contribution in [0, 0.1) is 16.0 Å². The summed E-state index contributed by atoms with van der Waals surface area (Å²) in [6.45, 7) is 4.53. The molecule has 0 aliphatic heterocycles. The van der Waals surface area contributed by atoms with E-state index in [1.165, 1.54) is 23.1 Å². The topological polar surface area (TPSA) is 89.5 Å². The van der Waals surface area contributed by atoms with Crippen LogP contribution in [-0.2, 0) is 0 Å². The van der Waals surface area contributed by atoms with E-state index in [0.717, 1.165) is 0 Å². The fraction of sp³-hybridized carbons (Fsp3) is 0.500. The molecule has 0 aliphatic carbocycles. The SMILES string of the molecule is CC(C)C(N)CCN(C)C(=O)c1cc(Cl)cc([N+](=O)[O-])c1. The number of nitro benzene ring substituents is 1. The van der Waals surface area contributed by atoms with Gasteiger partial charge in [0, 0.05) is 42.4 Å². The van der Waals surface area contributed by atoms with Crippen LogP contribution in [0.3, 0.4) is 0 Å². The summed E-state index contributed by atoms with van der Waals surface area (Å²) < 4.78 is 0. The molecule has 6 nitrogen and oxygen atoms in total. The van der Waals surface area contributed by atoms with Gasteiger partial charge in [-0.2, -0.15) is 0 Å². The Morgan fingerprint density at radius 2 is 2.05 bits per heavy atom. The zero-order valence-corrected chi connectivity index (χ0v) is 13.1. The van der Waals surface area contributed by atoms with Crippen molar-refractivity contribution >= 4 is 23.2 Å². The van der Waals surface area contributed by atoms with Gasteiger partial charge in [-0.15, -0.1) is 0 Å². The first-order valence-electron chi connectivity index (χ1n) is 6.68. The molecule has 1 amide bonds. The molecule has 1 aromatic rings. The van der Waals surface area contributed by atoms with Crippen molar-refractivity contribution < 1.29 is 9.72 Å². The molecule has 0 aromatic heterocycles. The summed E-state index contributed by atoms with van der Waals surface area (Å²) >= 11 is 5.82. The Bertz CT molecular complexity index is 534. The summed E-state index contributed by atoms with van der Waals surface area (Å²) in [5, 5.41) is 11.0. The summed E-state index contributed by atoms with van der Waals surface area (Å²) in [4.78, 5) is 24.0. The maximum absolute atomic E-state index is 12.3. The Morgan fingerprint density at radius 3 is 2.57 bits per heavy atom.